The van der Waals surface area contributed by atoms with E-state index in [1.807, 2.05) is 0 Å². The molecule has 190 valence electrons. The number of carbonyl (C=O) groups is 1. The van der Waals surface area contributed by atoms with Gasteiger partial charge in [-0.1, -0.05) is 79.9 Å². The van der Waals surface area contributed by atoms with Crippen molar-refractivity contribution < 1.29 is 4.79 Å². The van der Waals surface area contributed by atoms with Crippen molar-refractivity contribution in [3.05, 3.63) is 78.4 Å². The molecule has 1 amide bonds. The highest BCUT2D eigenvalue weighted by Crippen LogP contribution is 2.40. The molecular weight excluding hydrogens is 444 g/mol. The van der Waals surface area contributed by atoms with E-state index in [0.717, 1.165) is 58.4 Å². The van der Waals surface area contributed by atoms with Crippen LogP contribution in [0.1, 0.15) is 50.5 Å². The fourth-order valence-corrected chi connectivity index (χ4v) is 6.10. The summed E-state index contributed by atoms with van der Waals surface area (Å²) in [6.07, 6.45) is 7.48. The van der Waals surface area contributed by atoms with Crippen molar-refractivity contribution >= 4 is 22.4 Å². The van der Waals surface area contributed by atoms with E-state index in [0.29, 0.717) is 12.6 Å². The number of hydrogen-bond donors (Lipinski definition) is 1. The minimum atomic E-state index is -0.420. The van der Waals surface area contributed by atoms with Gasteiger partial charge in [0, 0.05) is 31.9 Å². The average Bonchev–Trinajstić information content (AvgIpc) is 3.19. The minimum Gasteiger partial charge on any atom is -0.339 e. The van der Waals surface area contributed by atoms with Gasteiger partial charge < -0.3 is 15.5 Å². The van der Waals surface area contributed by atoms with Crippen LogP contribution in [0, 0.1) is 0 Å². The van der Waals surface area contributed by atoms with Crippen LogP contribution in [-0.2, 0) is 11.3 Å². The number of piperidine rings is 1. The summed E-state index contributed by atoms with van der Waals surface area (Å²) in [5, 5.41) is 2.63. The topological polar surface area (TPSA) is 52.8 Å². The lowest BCUT2D eigenvalue weighted by atomic mass is 9.85. The Bertz CT molecular complexity index is 1130. The van der Waals surface area contributed by atoms with Crippen molar-refractivity contribution in [1.29, 1.82) is 0 Å². The molecule has 2 aliphatic heterocycles. The average molecular weight is 485 g/mol. The lowest BCUT2D eigenvalue weighted by Crippen LogP contribution is -2.56. The Labute approximate surface area is 215 Å². The molecule has 3 aromatic carbocycles. The Morgan fingerprint density at radius 1 is 0.778 bits per heavy atom. The maximum absolute atomic E-state index is 13.9. The Morgan fingerprint density at radius 2 is 1.47 bits per heavy atom. The molecule has 5 nitrogen and oxygen atoms in total. The first kappa shape index (κ1) is 24.8. The summed E-state index contributed by atoms with van der Waals surface area (Å²) in [6.45, 7) is 5.14. The molecule has 3 aromatic rings. The van der Waals surface area contributed by atoms with Crippen LogP contribution in [0.4, 0.5) is 5.69 Å². The molecule has 0 saturated carbocycles. The molecule has 1 spiro atoms. The molecule has 5 heteroatoms. The van der Waals surface area contributed by atoms with Gasteiger partial charge >= 0.3 is 0 Å². The highest BCUT2D eigenvalue weighted by molar-refractivity contribution is 5.93. The normalized spacial score (nSPS) is 18.0. The molecule has 5 rings (SSSR count). The zero-order chi connectivity index (χ0) is 24.8. The summed E-state index contributed by atoms with van der Waals surface area (Å²) in [7, 11) is 0. The minimum absolute atomic E-state index is 0.332. The van der Waals surface area contributed by atoms with E-state index in [4.69, 9.17) is 5.73 Å². The largest absolute Gasteiger partial charge is 0.339 e. The summed E-state index contributed by atoms with van der Waals surface area (Å²) >= 11 is 0. The molecule has 0 aromatic heterocycles. The first-order valence-electron chi connectivity index (χ1n) is 13.7. The number of unbranched alkanes of at least 4 members (excludes halogenated alkanes) is 4. The second-order valence-corrected chi connectivity index (χ2v) is 10.5. The molecule has 36 heavy (non-hydrogen) atoms. The fourth-order valence-electron chi connectivity index (χ4n) is 6.10. The lowest BCUT2D eigenvalue weighted by Gasteiger charge is -2.43. The second kappa shape index (κ2) is 11.4. The van der Waals surface area contributed by atoms with Gasteiger partial charge in [0.05, 0.1) is 6.67 Å². The number of likely N-dealkylation sites (tertiary alicyclic amines) is 1. The van der Waals surface area contributed by atoms with Crippen molar-refractivity contribution in [1.82, 2.24) is 9.80 Å². The van der Waals surface area contributed by atoms with Crippen LogP contribution in [0.5, 0.6) is 0 Å². The molecule has 0 atom stereocenters. The van der Waals surface area contributed by atoms with Gasteiger partial charge in [-0.25, -0.2) is 0 Å². The number of anilines is 1. The summed E-state index contributed by atoms with van der Waals surface area (Å²) in [4.78, 5) is 21.0. The number of benzene rings is 3. The third kappa shape index (κ3) is 5.14. The second-order valence-electron chi connectivity index (χ2n) is 10.5. The van der Waals surface area contributed by atoms with E-state index in [1.165, 1.54) is 41.3 Å². The molecule has 0 radical (unpaired) electrons. The van der Waals surface area contributed by atoms with E-state index in [9.17, 15) is 4.79 Å². The Kier molecular flexibility index (Phi) is 7.88. The van der Waals surface area contributed by atoms with Gasteiger partial charge in [-0.2, -0.15) is 0 Å². The smallest absolute Gasteiger partial charge is 0.250 e. The van der Waals surface area contributed by atoms with Crippen molar-refractivity contribution in [2.75, 3.05) is 37.7 Å². The Balaban J connectivity index is 1.27. The van der Waals surface area contributed by atoms with Gasteiger partial charge in [0.1, 0.15) is 5.54 Å². The van der Waals surface area contributed by atoms with Crippen LogP contribution in [-0.4, -0.2) is 54.1 Å². The van der Waals surface area contributed by atoms with Gasteiger partial charge in [0.25, 0.3) is 0 Å². The van der Waals surface area contributed by atoms with Crippen LogP contribution < -0.4 is 10.6 Å². The highest BCUT2D eigenvalue weighted by atomic mass is 16.2. The molecule has 2 N–H and O–H groups in total. The summed E-state index contributed by atoms with van der Waals surface area (Å²) in [5.74, 6) is 0.332. The van der Waals surface area contributed by atoms with Gasteiger partial charge in [0.15, 0.2) is 0 Å². The van der Waals surface area contributed by atoms with Crippen LogP contribution in [0.3, 0.4) is 0 Å². The number of para-hydroxylation sites is 1. The number of carbonyl (C=O) groups excluding carboxylic acids is 1. The molecule has 0 bridgehead atoms. The van der Waals surface area contributed by atoms with Crippen molar-refractivity contribution in [3.63, 3.8) is 0 Å². The maximum Gasteiger partial charge on any atom is 0.250 e. The zero-order valence-corrected chi connectivity index (χ0v) is 21.4. The van der Waals surface area contributed by atoms with Gasteiger partial charge in [-0.15, -0.1) is 0 Å². The van der Waals surface area contributed by atoms with E-state index in [2.05, 4.69) is 87.5 Å². The van der Waals surface area contributed by atoms with Crippen molar-refractivity contribution in [3.8, 4) is 0 Å². The summed E-state index contributed by atoms with van der Waals surface area (Å²) in [5.41, 5.74) is 7.74. The molecule has 2 saturated heterocycles. The third-order valence-corrected chi connectivity index (χ3v) is 8.17. The third-order valence-electron chi connectivity index (χ3n) is 8.17. The Hall–Kier alpha value is -2.89. The summed E-state index contributed by atoms with van der Waals surface area (Å²) in [6, 6.07) is 25.8. The van der Waals surface area contributed by atoms with E-state index in [1.54, 1.807) is 0 Å². The number of hydrogen-bond acceptors (Lipinski definition) is 4. The predicted octanol–water partition coefficient (Wildman–Crippen LogP) is 5.39. The molecular formula is C31H40N4O. The molecule has 2 heterocycles. The van der Waals surface area contributed by atoms with Gasteiger partial charge in [0.2, 0.25) is 5.91 Å². The number of amides is 1. The zero-order valence-electron chi connectivity index (χ0n) is 21.4. The fraction of sp³-hybridized carbons (Fsp3) is 0.452. The molecule has 2 aliphatic rings. The monoisotopic (exact) mass is 484 g/mol. The van der Waals surface area contributed by atoms with Gasteiger partial charge in [-0.05, 0) is 60.7 Å². The van der Waals surface area contributed by atoms with E-state index < -0.39 is 5.54 Å². The number of fused-ring (bicyclic) bond motifs is 1. The van der Waals surface area contributed by atoms with Crippen molar-refractivity contribution in [2.24, 2.45) is 5.73 Å². The highest BCUT2D eigenvalue weighted by Gasteiger charge is 2.53. The first-order valence-corrected chi connectivity index (χ1v) is 13.7. The van der Waals surface area contributed by atoms with Gasteiger partial charge in [-0.3, -0.25) is 9.69 Å². The number of nitrogens with two attached hydrogens (primary N) is 1. The van der Waals surface area contributed by atoms with Crippen LogP contribution in [0.25, 0.3) is 10.8 Å². The summed E-state index contributed by atoms with van der Waals surface area (Å²) < 4.78 is 0. The molecule has 0 aliphatic carbocycles. The maximum atomic E-state index is 13.9. The first-order chi connectivity index (χ1) is 17.7. The lowest BCUT2D eigenvalue weighted by molar-refractivity contribution is -0.133. The van der Waals surface area contributed by atoms with Crippen LogP contribution >= 0.6 is 0 Å². The standard InChI is InChI=1S/C31H40N4O/c32-20-9-2-1-3-10-21-34-25-35(28-15-5-4-6-16-28)31(30(34)36)18-22-33(23-19-31)24-27-14-11-13-26-12-7-8-17-29(26)27/h4-8,11-17H,1-3,9-10,18-25,32H2. The van der Waals surface area contributed by atoms with E-state index >= 15 is 0 Å². The Morgan fingerprint density at radius 3 is 2.28 bits per heavy atom. The van der Waals surface area contributed by atoms with Crippen LogP contribution in [0.15, 0.2) is 72.8 Å². The quantitative estimate of drug-likeness (QED) is 0.392. The predicted molar refractivity (Wildman–Crippen MR) is 149 cm³/mol. The number of rotatable bonds is 10. The molecule has 0 unspecified atom stereocenters. The molecule has 2 fully saturated rings. The van der Waals surface area contributed by atoms with Crippen molar-refractivity contribution in [2.45, 2.75) is 57.0 Å². The SMILES string of the molecule is NCCCCCCCN1CN(c2ccccc2)C2(CCN(Cc3cccc4ccccc34)CC2)C1=O. The van der Waals surface area contributed by atoms with Crippen LogP contribution in [0.2, 0.25) is 0 Å². The van der Waals surface area contributed by atoms with E-state index in [-0.39, 0.29) is 0 Å². The number of nitrogens with zero attached hydrogens (tertiary/aromatic N) is 3.